The van der Waals surface area contributed by atoms with Crippen molar-refractivity contribution in [1.82, 2.24) is 14.9 Å². The van der Waals surface area contributed by atoms with E-state index in [9.17, 15) is 13.2 Å². The van der Waals surface area contributed by atoms with Gasteiger partial charge in [0.25, 0.3) is 0 Å². The Morgan fingerprint density at radius 2 is 1.81 bits per heavy atom. The summed E-state index contributed by atoms with van der Waals surface area (Å²) in [4.78, 5) is 12.7. The Morgan fingerprint density at radius 3 is 2.44 bits per heavy atom. The van der Waals surface area contributed by atoms with Crippen molar-refractivity contribution in [3.05, 3.63) is 70.7 Å². The lowest BCUT2D eigenvalue weighted by atomic mass is 10.1. The molecule has 1 aromatic heterocycles. The standard InChI is InChI=1S/C17H15ClN4O3S2/c18-13-6-8-14(9-7-13)27(24,25)22-15(10-12-4-2-1-3-5-12)16(23)20-17-21-19-11-26-17/h1-9,11,15,22H,10H2,(H,20,21,23). The average Bonchev–Trinajstić information content (AvgIpc) is 3.15. The van der Waals surface area contributed by atoms with E-state index in [1.54, 1.807) is 0 Å². The number of rotatable bonds is 7. The summed E-state index contributed by atoms with van der Waals surface area (Å²) in [6, 6.07) is 13.8. The molecule has 1 unspecified atom stereocenters. The number of sulfonamides is 1. The van der Waals surface area contributed by atoms with E-state index in [0.717, 1.165) is 16.9 Å². The van der Waals surface area contributed by atoms with Crippen molar-refractivity contribution in [3.8, 4) is 0 Å². The molecule has 2 aromatic carbocycles. The monoisotopic (exact) mass is 422 g/mol. The van der Waals surface area contributed by atoms with Crippen LogP contribution in [-0.2, 0) is 21.2 Å². The summed E-state index contributed by atoms with van der Waals surface area (Å²) in [5.74, 6) is -0.520. The zero-order valence-corrected chi connectivity index (χ0v) is 16.3. The van der Waals surface area contributed by atoms with Crippen LogP contribution in [0.5, 0.6) is 0 Å². The van der Waals surface area contributed by atoms with Crippen LogP contribution in [0, 0.1) is 0 Å². The largest absolute Gasteiger partial charge is 0.299 e. The van der Waals surface area contributed by atoms with Gasteiger partial charge in [-0.25, -0.2) is 8.42 Å². The molecule has 0 saturated heterocycles. The third-order valence-electron chi connectivity index (χ3n) is 3.61. The van der Waals surface area contributed by atoms with Crippen molar-refractivity contribution in [2.45, 2.75) is 17.4 Å². The van der Waals surface area contributed by atoms with Gasteiger partial charge in [0, 0.05) is 5.02 Å². The third kappa shape index (κ3) is 5.33. The van der Waals surface area contributed by atoms with Crippen molar-refractivity contribution >= 4 is 44.0 Å². The van der Waals surface area contributed by atoms with Crippen LogP contribution in [0.3, 0.4) is 0 Å². The van der Waals surface area contributed by atoms with Gasteiger partial charge >= 0.3 is 0 Å². The number of carbonyl (C=O) groups excluding carboxylic acids is 1. The molecular weight excluding hydrogens is 408 g/mol. The fourth-order valence-electron chi connectivity index (χ4n) is 2.33. The zero-order valence-electron chi connectivity index (χ0n) is 13.9. The Labute approximate surface area is 165 Å². The fraction of sp³-hybridized carbons (Fsp3) is 0.118. The molecular formula is C17H15ClN4O3S2. The summed E-state index contributed by atoms with van der Waals surface area (Å²) in [5, 5.41) is 10.7. The predicted molar refractivity (Wildman–Crippen MR) is 104 cm³/mol. The number of aromatic nitrogens is 2. The Bertz CT molecular complexity index is 994. The molecule has 2 N–H and O–H groups in total. The minimum Gasteiger partial charge on any atom is -0.299 e. The number of hydrogen-bond donors (Lipinski definition) is 2. The second-order valence-corrected chi connectivity index (χ2v) is 8.53. The summed E-state index contributed by atoms with van der Waals surface area (Å²) in [6.07, 6.45) is 0.179. The Kier molecular flexibility index (Phi) is 6.17. The van der Waals surface area contributed by atoms with E-state index in [4.69, 9.17) is 11.6 Å². The zero-order chi connectivity index (χ0) is 19.3. The molecule has 1 atom stereocenters. The van der Waals surface area contributed by atoms with E-state index >= 15 is 0 Å². The van der Waals surface area contributed by atoms with Gasteiger partial charge in [0.1, 0.15) is 11.6 Å². The van der Waals surface area contributed by atoms with Gasteiger partial charge in [0.2, 0.25) is 21.1 Å². The van der Waals surface area contributed by atoms with Crippen LogP contribution in [0.1, 0.15) is 5.56 Å². The van der Waals surface area contributed by atoms with Crippen molar-refractivity contribution in [2.75, 3.05) is 5.32 Å². The maximum absolute atomic E-state index is 12.7. The Balaban J connectivity index is 1.84. The molecule has 1 heterocycles. The molecule has 0 spiro atoms. The number of anilines is 1. The van der Waals surface area contributed by atoms with Crippen LogP contribution < -0.4 is 10.0 Å². The van der Waals surface area contributed by atoms with Crippen LogP contribution in [0.25, 0.3) is 0 Å². The van der Waals surface area contributed by atoms with Crippen molar-refractivity contribution in [2.24, 2.45) is 0 Å². The van der Waals surface area contributed by atoms with Gasteiger partial charge in [-0.15, -0.1) is 10.2 Å². The van der Waals surface area contributed by atoms with Gasteiger partial charge < -0.3 is 0 Å². The molecule has 0 radical (unpaired) electrons. The molecule has 3 aromatic rings. The number of halogens is 1. The van der Waals surface area contributed by atoms with Crippen molar-refractivity contribution < 1.29 is 13.2 Å². The predicted octanol–water partition coefficient (Wildman–Crippen LogP) is 2.72. The highest BCUT2D eigenvalue weighted by atomic mass is 35.5. The molecule has 0 bridgehead atoms. The Hall–Kier alpha value is -2.33. The highest BCUT2D eigenvalue weighted by Crippen LogP contribution is 2.16. The summed E-state index contributed by atoms with van der Waals surface area (Å²) >= 11 is 6.96. The molecule has 1 amide bonds. The lowest BCUT2D eigenvalue weighted by Crippen LogP contribution is -2.45. The molecule has 0 saturated carbocycles. The van der Waals surface area contributed by atoms with Crippen LogP contribution in [-0.4, -0.2) is 30.6 Å². The van der Waals surface area contributed by atoms with E-state index in [2.05, 4.69) is 20.2 Å². The van der Waals surface area contributed by atoms with Gasteiger partial charge in [-0.3, -0.25) is 10.1 Å². The van der Waals surface area contributed by atoms with E-state index in [0.29, 0.717) is 10.2 Å². The summed E-state index contributed by atoms with van der Waals surface area (Å²) in [5.41, 5.74) is 2.29. The van der Waals surface area contributed by atoms with E-state index in [1.165, 1.54) is 29.8 Å². The number of amides is 1. The first-order chi connectivity index (χ1) is 12.9. The van der Waals surface area contributed by atoms with Gasteiger partial charge in [0.15, 0.2) is 0 Å². The Morgan fingerprint density at radius 1 is 1.11 bits per heavy atom. The van der Waals surface area contributed by atoms with Gasteiger partial charge in [-0.2, -0.15) is 4.72 Å². The first-order valence-electron chi connectivity index (χ1n) is 7.83. The second-order valence-electron chi connectivity index (χ2n) is 5.55. The first kappa shape index (κ1) is 19.4. The number of hydrogen-bond acceptors (Lipinski definition) is 6. The van der Waals surface area contributed by atoms with Crippen LogP contribution >= 0.6 is 22.9 Å². The topological polar surface area (TPSA) is 101 Å². The SMILES string of the molecule is O=C(Nc1nncs1)C(Cc1ccccc1)NS(=O)(=O)c1ccc(Cl)cc1. The molecule has 27 heavy (non-hydrogen) atoms. The molecule has 0 aliphatic carbocycles. The number of nitrogens with zero attached hydrogens (tertiary/aromatic N) is 2. The lowest BCUT2D eigenvalue weighted by molar-refractivity contribution is -0.117. The van der Waals surface area contributed by atoms with Crippen molar-refractivity contribution in [3.63, 3.8) is 0 Å². The van der Waals surface area contributed by atoms with Gasteiger partial charge in [0.05, 0.1) is 4.90 Å². The quantitative estimate of drug-likeness (QED) is 0.609. The molecule has 0 fully saturated rings. The molecule has 3 rings (SSSR count). The average molecular weight is 423 g/mol. The number of carbonyl (C=O) groups is 1. The van der Waals surface area contributed by atoms with Crippen LogP contribution in [0.2, 0.25) is 5.02 Å². The minimum absolute atomic E-state index is 0.0219. The highest BCUT2D eigenvalue weighted by molar-refractivity contribution is 7.89. The normalized spacial score (nSPS) is 12.5. The minimum atomic E-state index is -3.92. The third-order valence-corrected chi connectivity index (χ3v) is 5.96. The highest BCUT2D eigenvalue weighted by Gasteiger charge is 2.26. The molecule has 0 aliphatic heterocycles. The molecule has 140 valence electrons. The molecule has 7 nitrogen and oxygen atoms in total. The number of benzene rings is 2. The fourth-order valence-corrected chi connectivity index (χ4v) is 4.10. The maximum Gasteiger partial charge on any atom is 0.244 e. The van der Waals surface area contributed by atoms with E-state index in [1.807, 2.05) is 30.3 Å². The summed E-state index contributed by atoms with van der Waals surface area (Å²) in [7, 11) is -3.92. The second kappa shape index (κ2) is 8.57. The first-order valence-corrected chi connectivity index (χ1v) is 10.6. The summed E-state index contributed by atoms with van der Waals surface area (Å²) < 4.78 is 27.8. The van der Waals surface area contributed by atoms with Gasteiger partial charge in [-0.1, -0.05) is 53.3 Å². The van der Waals surface area contributed by atoms with Crippen molar-refractivity contribution in [1.29, 1.82) is 0 Å². The maximum atomic E-state index is 12.7. The molecule has 10 heteroatoms. The number of nitrogens with one attached hydrogen (secondary N) is 2. The summed E-state index contributed by atoms with van der Waals surface area (Å²) in [6.45, 7) is 0. The van der Waals surface area contributed by atoms with Gasteiger partial charge in [-0.05, 0) is 36.2 Å². The lowest BCUT2D eigenvalue weighted by Gasteiger charge is -2.18. The van der Waals surface area contributed by atoms with Crippen LogP contribution in [0.4, 0.5) is 5.13 Å². The smallest absolute Gasteiger partial charge is 0.244 e. The molecule has 0 aliphatic rings. The van der Waals surface area contributed by atoms with Crippen LogP contribution in [0.15, 0.2) is 65.0 Å². The van der Waals surface area contributed by atoms with E-state index in [-0.39, 0.29) is 11.3 Å². The van der Waals surface area contributed by atoms with E-state index < -0.39 is 22.0 Å².